The lowest BCUT2D eigenvalue weighted by atomic mass is 10.1. The maximum absolute atomic E-state index is 13.1. The average Bonchev–Trinajstić information content (AvgIpc) is 3.05. The van der Waals surface area contributed by atoms with Crippen LogP contribution in [-0.2, 0) is 23.1 Å². The first-order valence-electron chi connectivity index (χ1n) is 9.79. The molecule has 0 atom stereocenters. The predicted molar refractivity (Wildman–Crippen MR) is 115 cm³/mol. The standard InChI is InChI=1S/C23H21N3O3S/c1-17-10-12-18(13-11-17)16-26-20-8-5-9-21-22(20)25(14-15-29-21)23(26)24-30(27,28)19-6-3-2-4-7-19/h2-13H,14-16H2,1H3. The summed E-state index contributed by atoms with van der Waals surface area (Å²) in [6, 6.07) is 22.4. The van der Waals surface area contributed by atoms with E-state index in [1.807, 2.05) is 34.3 Å². The summed E-state index contributed by atoms with van der Waals surface area (Å²) in [4.78, 5) is 0.178. The van der Waals surface area contributed by atoms with E-state index in [-0.39, 0.29) is 4.90 Å². The van der Waals surface area contributed by atoms with Gasteiger partial charge < -0.3 is 13.9 Å². The van der Waals surface area contributed by atoms with Crippen LogP contribution in [0.15, 0.2) is 82.1 Å². The number of sulfonamides is 1. The Morgan fingerprint density at radius 2 is 1.73 bits per heavy atom. The third-order valence-corrected chi connectivity index (χ3v) is 6.57. The molecular formula is C23H21N3O3S. The highest BCUT2D eigenvalue weighted by molar-refractivity contribution is 7.90. The molecule has 152 valence electrons. The maximum Gasteiger partial charge on any atom is 0.285 e. The van der Waals surface area contributed by atoms with Crippen LogP contribution < -0.4 is 10.4 Å². The molecule has 2 heterocycles. The Hall–Kier alpha value is -3.32. The van der Waals surface area contributed by atoms with Crippen LogP contribution in [0.3, 0.4) is 0 Å². The fourth-order valence-electron chi connectivity index (χ4n) is 3.81. The molecule has 1 aliphatic heterocycles. The van der Waals surface area contributed by atoms with Crippen molar-refractivity contribution in [3.05, 3.63) is 89.5 Å². The zero-order chi connectivity index (χ0) is 20.7. The Morgan fingerprint density at radius 3 is 2.50 bits per heavy atom. The first kappa shape index (κ1) is 18.7. The van der Waals surface area contributed by atoms with Gasteiger partial charge in [0.15, 0.2) is 0 Å². The minimum Gasteiger partial charge on any atom is -0.489 e. The number of aryl methyl sites for hydroxylation is 1. The van der Waals surface area contributed by atoms with Gasteiger partial charge in [0.05, 0.1) is 23.5 Å². The number of ether oxygens (including phenoxy) is 1. The second-order valence-corrected chi connectivity index (χ2v) is 8.98. The highest BCUT2D eigenvalue weighted by Crippen LogP contribution is 2.28. The Bertz CT molecular complexity index is 1400. The summed E-state index contributed by atoms with van der Waals surface area (Å²) in [5.41, 5.74) is 4.43. The minimum absolute atomic E-state index is 0.178. The second-order valence-electron chi connectivity index (χ2n) is 7.38. The molecule has 3 aromatic carbocycles. The van der Waals surface area contributed by atoms with Gasteiger partial charge in [-0.3, -0.25) is 0 Å². The summed E-state index contributed by atoms with van der Waals surface area (Å²) in [6.07, 6.45) is 0. The van der Waals surface area contributed by atoms with E-state index in [9.17, 15) is 8.42 Å². The van der Waals surface area contributed by atoms with Crippen molar-refractivity contribution in [3.63, 3.8) is 0 Å². The molecule has 0 amide bonds. The monoisotopic (exact) mass is 419 g/mol. The molecule has 30 heavy (non-hydrogen) atoms. The molecule has 0 fully saturated rings. The fourth-order valence-corrected chi connectivity index (χ4v) is 4.83. The summed E-state index contributed by atoms with van der Waals surface area (Å²) < 4.78 is 40.2. The van der Waals surface area contributed by atoms with Crippen molar-refractivity contribution < 1.29 is 13.2 Å². The Balaban J connectivity index is 1.78. The fraction of sp³-hybridized carbons (Fsp3) is 0.174. The van der Waals surface area contributed by atoms with Crippen LogP contribution in [0, 0.1) is 6.92 Å². The zero-order valence-corrected chi connectivity index (χ0v) is 17.3. The van der Waals surface area contributed by atoms with E-state index in [2.05, 4.69) is 28.7 Å². The lowest BCUT2D eigenvalue weighted by Gasteiger charge is -2.15. The molecule has 1 aromatic heterocycles. The first-order valence-corrected chi connectivity index (χ1v) is 11.2. The molecule has 7 heteroatoms. The summed E-state index contributed by atoms with van der Waals surface area (Å²) in [6.45, 7) is 3.56. The van der Waals surface area contributed by atoms with E-state index < -0.39 is 10.0 Å². The van der Waals surface area contributed by atoms with Gasteiger partial charge in [-0.15, -0.1) is 4.40 Å². The molecule has 0 saturated heterocycles. The number of hydrogen-bond acceptors (Lipinski definition) is 3. The van der Waals surface area contributed by atoms with Crippen molar-refractivity contribution >= 4 is 21.1 Å². The van der Waals surface area contributed by atoms with E-state index in [0.29, 0.717) is 25.3 Å². The van der Waals surface area contributed by atoms with Crippen molar-refractivity contribution in [2.24, 2.45) is 4.40 Å². The van der Waals surface area contributed by atoms with Crippen molar-refractivity contribution in [1.29, 1.82) is 0 Å². The van der Waals surface area contributed by atoms with Gasteiger partial charge in [-0.25, -0.2) is 0 Å². The summed E-state index contributed by atoms with van der Waals surface area (Å²) in [7, 11) is -3.86. The summed E-state index contributed by atoms with van der Waals surface area (Å²) >= 11 is 0. The molecule has 0 bridgehead atoms. The number of rotatable bonds is 4. The quantitative estimate of drug-likeness (QED) is 0.509. The molecule has 0 radical (unpaired) electrons. The number of aromatic nitrogens is 2. The minimum atomic E-state index is -3.86. The van der Waals surface area contributed by atoms with Crippen LogP contribution >= 0.6 is 0 Å². The van der Waals surface area contributed by atoms with Gasteiger partial charge in [-0.05, 0) is 36.8 Å². The summed E-state index contributed by atoms with van der Waals surface area (Å²) in [5.74, 6) is 0.745. The molecule has 0 saturated carbocycles. The molecule has 0 N–H and O–H groups in total. The van der Waals surface area contributed by atoms with Gasteiger partial charge >= 0.3 is 0 Å². The lowest BCUT2D eigenvalue weighted by Crippen LogP contribution is -2.31. The van der Waals surface area contributed by atoms with Gasteiger partial charge in [0.1, 0.15) is 17.9 Å². The molecular weight excluding hydrogens is 398 g/mol. The van der Waals surface area contributed by atoms with Gasteiger partial charge in [-0.2, -0.15) is 8.42 Å². The van der Waals surface area contributed by atoms with Crippen molar-refractivity contribution in [1.82, 2.24) is 9.13 Å². The second kappa shape index (κ2) is 7.18. The van der Waals surface area contributed by atoms with E-state index in [1.165, 1.54) is 5.56 Å². The van der Waals surface area contributed by atoms with Gasteiger partial charge in [-0.1, -0.05) is 54.1 Å². The molecule has 1 aliphatic rings. The Kier molecular flexibility index (Phi) is 4.47. The molecule has 0 unspecified atom stereocenters. The van der Waals surface area contributed by atoms with Crippen LogP contribution in [-0.4, -0.2) is 24.2 Å². The van der Waals surface area contributed by atoms with Crippen molar-refractivity contribution in [2.75, 3.05) is 6.61 Å². The van der Waals surface area contributed by atoms with Crippen molar-refractivity contribution in [2.45, 2.75) is 24.9 Å². The number of hydrogen-bond donors (Lipinski definition) is 0. The first-order chi connectivity index (χ1) is 14.5. The van der Waals surface area contributed by atoms with Crippen LogP contribution in [0.5, 0.6) is 5.75 Å². The van der Waals surface area contributed by atoms with Crippen LogP contribution in [0.4, 0.5) is 0 Å². The molecule has 6 nitrogen and oxygen atoms in total. The summed E-state index contributed by atoms with van der Waals surface area (Å²) in [5, 5.41) is 0. The van der Waals surface area contributed by atoms with Crippen LogP contribution in [0.2, 0.25) is 0 Å². The molecule has 4 aromatic rings. The molecule has 5 rings (SSSR count). The molecule has 0 aliphatic carbocycles. The van der Waals surface area contributed by atoms with E-state index in [1.54, 1.807) is 30.3 Å². The number of para-hydroxylation sites is 1. The normalized spacial score (nSPS) is 14.1. The average molecular weight is 420 g/mol. The van der Waals surface area contributed by atoms with Crippen molar-refractivity contribution in [3.8, 4) is 5.75 Å². The van der Waals surface area contributed by atoms with Gasteiger partial charge in [0.25, 0.3) is 10.0 Å². The zero-order valence-electron chi connectivity index (χ0n) is 16.5. The Morgan fingerprint density at radius 1 is 0.967 bits per heavy atom. The number of nitrogens with zero attached hydrogens (tertiary/aromatic N) is 3. The highest BCUT2D eigenvalue weighted by atomic mass is 32.2. The smallest absolute Gasteiger partial charge is 0.285 e. The van der Waals surface area contributed by atoms with Gasteiger partial charge in [0, 0.05) is 0 Å². The van der Waals surface area contributed by atoms with E-state index >= 15 is 0 Å². The SMILES string of the molecule is Cc1ccc(Cn2c(=NS(=O)(=O)c3ccccc3)n3c4c(cccc42)OCC3)cc1. The lowest BCUT2D eigenvalue weighted by molar-refractivity contribution is 0.283. The topological polar surface area (TPSA) is 65.6 Å². The molecule has 0 spiro atoms. The third kappa shape index (κ3) is 3.21. The van der Waals surface area contributed by atoms with E-state index in [4.69, 9.17) is 4.74 Å². The predicted octanol–water partition coefficient (Wildman–Crippen LogP) is 3.48. The third-order valence-electron chi connectivity index (χ3n) is 5.30. The maximum atomic E-state index is 13.1. The van der Waals surface area contributed by atoms with Gasteiger partial charge in [0.2, 0.25) is 5.62 Å². The number of imidazole rings is 1. The van der Waals surface area contributed by atoms with Crippen LogP contribution in [0.1, 0.15) is 11.1 Å². The number of benzene rings is 3. The largest absolute Gasteiger partial charge is 0.489 e. The highest BCUT2D eigenvalue weighted by Gasteiger charge is 2.22. The Labute approximate surface area is 174 Å². The van der Waals surface area contributed by atoms with E-state index in [0.717, 1.165) is 22.3 Å². The van der Waals surface area contributed by atoms with Crippen LogP contribution in [0.25, 0.3) is 11.0 Å².